The first-order valence-corrected chi connectivity index (χ1v) is 7.82. The van der Waals surface area contributed by atoms with Crippen LogP contribution in [0.3, 0.4) is 0 Å². The lowest BCUT2D eigenvalue weighted by Gasteiger charge is -2.32. The van der Waals surface area contributed by atoms with Gasteiger partial charge in [0.25, 0.3) is 0 Å². The van der Waals surface area contributed by atoms with E-state index in [-0.39, 0.29) is 0 Å². The van der Waals surface area contributed by atoms with Crippen LogP contribution in [0.4, 0.5) is 5.69 Å². The smallest absolute Gasteiger partial charge is 0.101 e. The predicted octanol–water partition coefficient (Wildman–Crippen LogP) is 3.18. The van der Waals surface area contributed by atoms with Gasteiger partial charge in [-0.25, -0.2) is 0 Å². The molecule has 0 bridgehead atoms. The van der Waals surface area contributed by atoms with Gasteiger partial charge in [0.2, 0.25) is 0 Å². The van der Waals surface area contributed by atoms with Gasteiger partial charge in [-0.15, -0.1) is 0 Å². The van der Waals surface area contributed by atoms with Crippen LogP contribution in [0.15, 0.2) is 18.2 Å². The highest BCUT2D eigenvalue weighted by molar-refractivity contribution is 6.30. The predicted molar refractivity (Wildman–Crippen MR) is 82.1 cm³/mol. The number of rotatable bonds is 4. The molecule has 4 heteroatoms. The highest BCUT2D eigenvalue weighted by atomic mass is 35.5. The van der Waals surface area contributed by atoms with Crippen molar-refractivity contribution in [3.05, 3.63) is 28.8 Å². The van der Waals surface area contributed by atoms with E-state index in [2.05, 4.69) is 16.3 Å². The second-order valence-corrected chi connectivity index (χ2v) is 6.31. The number of benzene rings is 1. The molecule has 2 aliphatic rings. The molecule has 2 fully saturated rings. The molecule has 0 spiro atoms. The second kappa shape index (κ2) is 6.03. The van der Waals surface area contributed by atoms with E-state index in [0.717, 1.165) is 25.3 Å². The van der Waals surface area contributed by atoms with Gasteiger partial charge in [-0.2, -0.15) is 5.26 Å². The van der Waals surface area contributed by atoms with Gasteiger partial charge in [0, 0.05) is 17.6 Å². The summed E-state index contributed by atoms with van der Waals surface area (Å²) in [5, 5.41) is 13.5. The number of piperidine rings is 1. The minimum atomic E-state index is 0.616. The average Bonchev–Trinajstić information content (AvgIpc) is 3.31. The molecule has 1 atom stereocenters. The largest absolute Gasteiger partial charge is 0.367 e. The Bertz CT molecular complexity index is 513. The highest BCUT2D eigenvalue weighted by Gasteiger charge is 2.32. The zero-order valence-electron chi connectivity index (χ0n) is 11.6. The summed E-state index contributed by atoms with van der Waals surface area (Å²) in [4.78, 5) is 2.44. The molecule has 1 saturated heterocycles. The van der Waals surface area contributed by atoms with E-state index in [1.165, 1.54) is 25.7 Å². The summed E-state index contributed by atoms with van der Waals surface area (Å²) in [6, 6.07) is 8.60. The SMILES string of the molecule is N#Cc1cc(Cl)ccc1N(CC1CCCNC1)C1CC1. The lowest BCUT2D eigenvalue weighted by atomic mass is 9.98. The van der Waals surface area contributed by atoms with Gasteiger partial charge in [0.15, 0.2) is 0 Å². The quantitative estimate of drug-likeness (QED) is 0.925. The Hall–Kier alpha value is -1.24. The molecular weight excluding hydrogens is 270 g/mol. The minimum Gasteiger partial charge on any atom is -0.367 e. The molecule has 1 aromatic carbocycles. The normalized spacial score (nSPS) is 22.3. The molecule has 20 heavy (non-hydrogen) atoms. The molecule has 0 radical (unpaired) electrons. The van der Waals surface area contributed by atoms with E-state index in [4.69, 9.17) is 11.6 Å². The number of nitrogens with one attached hydrogen (secondary N) is 1. The van der Waals surface area contributed by atoms with Gasteiger partial charge in [-0.3, -0.25) is 0 Å². The fraction of sp³-hybridized carbons (Fsp3) is 0.562. The van der Waals surface area contributed by atoms with Crippen LogP contribution in [-0.2, 0) is 0 Å². The average molecular weight is 290 g/mol. The van der Waals surface area contributed by atoms with Crippen LogP contribution in [0.1, 0.15) is 31.2 Å². The van der Waals surface area contributed by atoms with Crippen molar-refractivity contribution in [1.29, 1.82) is 5.26 Å². The maximum absolute atomic E-state index is 9.35. The van der Waals surface area contributed by atoms with E-state index in [1.54, 1.807) is 6.07 Å². The third-order valence-electron chi connectivity index (χ3n) is 4.23. The van der Waals surface area contributed by atoms with Crippen LogP contribution in [0.5, 0.6) is 0 Å². The Morgan fingerprint density at radius 1 is 1.35 bits per heavy atom. The highest BCUT2D eigenvalue weighted by Crippen LogP contribution is 2.35. The van der Waals surface area contributed by atoms with Crippen LogP contribution in [-0.4, -0.2) is 25.7 Å². The fourth-order valence-electron chi connectivity index (χ4n) is 3.04. The Balaban J connectivity index is 1.81. The Morgan fingerprint density at radius 3 is 2.85 bits per heavy atom. The molecule has 0 aromatic heterocycles. The number of anilines is 1. The zero-order valence-corrected chi connectivity index (χ0v) is 12.4. The van der Waals surface area contributed by atoms with E-state index in [1.807, 2.05) is 12.1 Å². The monoisotopic (exact) mass is 289 g/mol. The summed E-state index contributed by atoms with van der Waals surface area (Å²) in [5.41, 5.74) is 1.76. The van der Waals surface area contributed by atoms with E-state index in [0.29, 0.717) is 22.5 Å². The van der Waals surface area contributed by atoms with Crippen LogP contribution < -0.4 is 10.2 Å². The van der Waals surface area contributed by atoms with E-state index in [9.17, 15) is 5.26 Å². The fourth-order valence-corrected chi connectivity index (χ4v) is 3.21. The minimum absolute atomic E-state index is 0.616. The molecule has 1 unspecified atom stereocenters. The first kappa shape index (κ1) is 13.7. The first-order chi connectivity index (χ1) is 9.78. The van der Waals surface area contributed by atoms with Crippen LogP contribution in [0, 0.1) is 17.2 Å². The number of nitrogens with zero attached hydrogens (tertiary/aromatic N) is 2. The van der Waals surface area contributed by atoms with Crippen molar-refractivity contribution in [1.82, 2.24) is 5.32 Å². The number of hydrogen-bond donors (Lipinski definition) is 1. The number of halogens is 1. The Morgan fingerprint density at radius 2 is 2.20 bits per heavy atom. The first-order valence-electron chi connectivity index (χ1n) is 7.45. The molecule has 1 N–H and O–H groups in total. The van der Waals surface area contributed by atoms with Crippen molar-refractivity contribution in [3.8, 4) is 6.07 Å². The van der Waals surface area contributed by atoms with E-state index >= 15 is 0 Å². The Kier molecular flexibility index (Phi) is 4.14. The van der Waals surface area contributed by atoms with Crippen LogP contribution in [0.25, 0.3) is 0 Å². The summed E-state index contributed by atoms with van der Waals surface area (Å²) < 4.78 is 0. The zero-order chi connectivity index (χ0) is 13.9. The van der Waals surface area contributed by atoms with Crippen molar-refractivity contribution in [2.24, 2.45) is 5.92 Å². The van der Waals surface area contributed by atoms with Crippen molar-refractivity contribution in [3.63, 3.8) is 0 Å². The van der Waals surface area contributed by atoms with Gasteiger partial charge in [0.1, 0.15) is 6.07 Å². The van der Waals surface area contributed by atoms with Gasteiger partial charge in [-0.05, 0) is 62.9 Å². The molecule has 0 amide bonds. The molecule has 1 heterocycles. The number of nitriles is 1. The van der Waals surface area contributed by atoms with Gasteiger partial charge < -0.3 is 10.2 Å². The van der Waals surface area contributed by atoms with Crippen molar-refractivity contribution >= 4 is 17.3 Å². The van der Waals surface area contributed by atoms with Crippen LogP contribution in [0.2, 0.25) is 5.02 Å². The topological polar surface area (TPSA) is 39.1 Å². The van der Waals surface area contributed by atoms with E-state index < -0.39 is 0 Å². The molecule has 1 aromatic rings. The summed E-state index contributed by atoms with van der Waals surface area (Å²) in [5.74, 6) is 0.687. The van der Waals surface area contributed by atoms with Crippen molar-refractivity contribution in [2.75, 3.05) is 24.5 Å². The van der Waals surface area contributed by atoms with Gasteiger partial charge in [0.05, 0.1) is 11.3 Å². The molecule has 106 valence electrons. The summed E-state index contributed by atoms with van der Waals surface area (Å²) >= 11 is 6.01. The maximum atomic E-state index is 9.35. The molecule has 1 saturated carbocycles. The summed E-state index contributed by atoms with van der Waals surface area (Å²) in [6.45, 7) is 3.29. The second-order valence-electron chi connectivity index (χ2n) is 5.87. The third-order valence-corrected chi connectivity index (χ3v) is 4.47. The molecule has 3 rings (SSSR count). The van der Waals surface area contributed by atoms with Crippen molar-refractivity contribution < 1.29 is 0 Å². The van der Waals surface area contributed by atoms with Gasteiger partial charge >= 0.3 is 0 Å². The molecular formula is C16H20ClN3. The lowest BCUT2D eigenvalue weighted by Crippen LogP contribution is -2.39. The molecule has 1 aliphatic heterocycles. The number of hydrogen-bond acceptors (Lipinski definition) is 3. The standard InChI is InChI=1S/C16H20ClN3/c17-14-3-6-16(13(8-14)9-18)20(15-4-5-15)11-12-2-1-7-19-10-12/h3,6,8,12,15,19H,1-2,4-5,7,10-11H2. The van der Waals surface area contributed by atoms with Gasteiger partial charge in [-0.1, -0.05) is 11.6 Å². The maximum Gasteiger partial charge on any atom is 0.101 e. The Labute approximate surface area is 125 Å². The molecule has 1 aliphatic carbocycles. The summed E-state index contributed by atoms with van der Waals surface area (Å²) in [7, 11) is 0. The summed E-state index contributed by atoms with van der Waals surface area (Å²) in [6.07, 6.45) is 5.03. The van der Waals surface area contributed by atoms with Crippen LogP contribution >= 0.6 is 11.6 Å². The van der Waals surface area contributed by atoms with Crippen molar-refractivity contribution in [2.45, 2.75) is 31.7 Å². The third kappa shape index (κ3) is 3.08. The lowest BCUT2D eigenvalue weighted by molar-refractivity contribution is 0.376. The molecule has 3 nitrogen and oxygen atoms in total.